The van der Waals surface area contributed by atoms with Gasteiger partial charge in [-0.05, 0) is 42.9 Å². The monoisotopic (exact) mass is 479 g/mol. The van der Waals surface area contributed by atoms with Gasteiger partial charge >= 0.3 is 0 Å². The van der Waals surface area contributed by atoms with Crippen molar-refractivity contribution >= 4 is 41.5 Å². The van der Waals surface area contributed by atoms with Gasteiger partial charge in [-0.1, -0.05) is 18.5 Å². The third-order valence-electron chi connectivity index (χ3n) is 4.65. The van der Waals surface area contributed by atoms with E-state index in [2.05, 4.69) is 22.1 Å². The van der Waals surface area contributed by atoms with E-state index in [-0.39, 0.29) is 24.0 Å². The molecule has 0 atom stereocenters. The molecule has 2 aliphatic rings. The normalized spacial score (nSPS) is 17.9. The van der Waals surface area contributed by atoms with E-state index < -0.39 is 0 Å². The average Bonchev–Trinajstić information content (AvgIpc) is 2.60. The van der Waals surface area contributed by atoms with Gasteiger partial charge in [0.1, 0.15) is 13.2 Å². The topological polar surface area (TPSA) is 46.1 Å². The molecule has 7 heteroatoms. The minimum Gasteiger partial charge on any atom is -0.486 e. The maximum atomic E-state index is 6.29. The number of likely N-dealkylation sites (tertiary alicyclic amines) is 1. The van der Waals surface area contributed by atoms with Gasteiger partial charge in [0, 0.05) is 26.7 Å². The van der Waals surface area contributed by atoms with Crippen molar-refractivity contribution in [2.24, 2.45) is 10.9 Å². The maximum Gasteiger partial charge on any atom is 0.193 e. The highest BCUT2D eigenvalue weighted by Gasteiger charge is 2.19. The number of nitrogens with zero attached hydrogens (tertiary/aromatic N) is 2. The van der Waals surface area contributed by atoms with Crippen LogP contribution in [0.5, 0.6) is 11.5 Å². The van der Waals surface area contributed by atoms with Crippen molar-refractivity contribution in [2.75, 3.05) is 39.9 Å². The Labute approximate surface area is 172 Å². The fourth-order valence-electron chi connectivity index (χ4n) is 3.18. The summed E-state index contributed by atoms with van der Waals surface area (Å²) in [5.41, 5.74) is 1.14. The molecule has 0 aliphatic carbocycles. The lowest BCUT2D eigenvalue weighted by Gasteiger charge is -2.33. The van der Waals surface area contributed by atoms with Crippen LogP contribution in [0.15, 0.2) is 17.1 Å². The number of nitrogens with one attached hydrogen (secondary N) is 1. The van der Waals surface area contributed by atoms with Gasteiger partial charge in [-0.3, -0.25) is 4.99 Å². The van der Waals surface area contributed by atoms with E-state index in [1.807, 2.05) is 19.2 Å². The second-order valence-corrected chi connectivity index (χ2v) is 6.90. The van der Waals surface area contributed by atoms with Crippen LogP contribution in [0.2, 0.25) is 5.02 Å². The second kappa shape index (κ2) is 9.71. The van der Waals surface area contributed by atoms with Crippen molar-refractivity contribution in [3.05, 3.63) is 22.7 Å². The Balaban J connectivity index is 0.00000225. The van der Waals surface area contributed by atoms with Crippen LogP contribution in [0.3, 0.4) is 0 Å². The first kappa shape index (κ1) is 20.4. The Hall–Kier alpha value is -0.890. The largest absolute Gasteiger partial charge is 0.486 e. The van der Waals surface area contributed by atoms with Crippen LogP contribution >= 0.6 is 35.6 Å². The Morgan fingerprint density at radius 3 is 2.72 bits per heavy atom. The quantitative estimate of drug-likeness (QED) is 0.409. The van der Waals surface area contributed by atoms with Crippen LogP contribution in [0, 0.1) is 5.92 Å². The molecule has 0 bridgehead atoms. The van der Waals surface area contributed by atoms with E-state index in [0.717, 1.165) is 49.2 Å². The summed E-state index contributed by atoms with van der Waals surface area (Å²) in [6.45, 7) is 6.42. The van der Waals surface area contributed by atoms with Crippen molar-refractivity contribution in [3.63, 3.8) is 0 Å². The number of fused-ring (bicyclic) bond motifs is 1. The van der Waals surface area contributed by atoms with Gasteiger partial charge in [0.15, 0.2) is 17.5 Å². The first-order valence-electron chi connectivity index (χ1n) is 8.71. The number of halogens is 2. The van der Waals surface area contributed by atoms with Crippen molar-refractivity contribution < 1.29 is 9.47 Å². The van der Waals surface area contributed by atoms with Crippen molar-refractivity contribution in [3.8, 4) is 11.5 Å². The SMILES string of the molecule is CN=C(NCCc1cc(Cl)c2c(c1)OCCO2)N1CCC(C)CC1.I. The van der Waals surface area contributed by atoms with E-state index in [9.17, 15) is 0 Å². The summed E-state index contributed by atoms with van der Waals surface area (Å²) < 4.78 is 11.2. The van der Waals surface area contributed by atoms with E-state index in [1.54, 1.807) is 0 Å². The molecule has 0 aromatic heterocycles. The second-order valence-electron chi connectivity index (χ2n) is 6.50. The number of benzene rings is 1. The van der Waals surface area contributed by atoms with Crippen LogP contribution < -0.4 is 14.8 Å². The van der Waals surface area contributed by atoms with Gasteiger partial charge in [-0.25, -0.2) is 0 Å². The lowest BCUT2D eigenvalue weighted by atomic mass is 9.99. The molecule has 0 radical (unpaired) electrons. The number of guanidine groups is 1. The summed E-state index contributed by atoms with van der Waals surface area (Å²) in [5, 5.41) is 4.08. The van der Waals surface area contributed by atoms with E-state index in [0.29, 0.717) is 24.0 Å². The van der Waals surface area contributed by atoms with Crippen molar-refractivity contribution in [1.82, 2.24) is 10.2 Å². The highest BCUT2D eigenvalue weighted by molar-refractivity contribution is 14.0. The molecular weight excluding hydrogens is 453 g/mol. The standard InChI is InChI=1S/C18H26ClN3O2.HI/c1-13-4-7-22(8-5-13)18(20-2)21-6-3-14-11-15(19)17-16(12-14)23-9-10-24-17;/h11-13H,3-10H2,1-2H3,(H,20,21);1H. The molecule has 0 saturated carbocycles. The first-order chi connectivity index (χ1) is 11.7. The van der Waals surface area contributed by atoms with E-state index in [4.69, 9.17) is 21.1 Å². The number of piperidine rings is 1. The molecule has 140 valence electrons. The smallest absolute Gasteiger partial charge is 0.193 e. The van der Waals surface area contributed by atoms with Gasteiger partial charge in [-0.2, -0.15) is 0 Å². The van der Waals surface area contributed by atoms with Gasteiger partial charge in [0.2, 0.25) is 0 Å². The van der Waals surface area contributed by atoms with E-state index in [1.165, 1.54) is 12.8 Å². The molecule has 5 nitrogen and oxygen atoms in total. The van der Waals surface area contributed by atoms with Crippen LogP contribution in [-0.4, -0.2) is 50.8 Å². The fourth-order valence-corrected chi connectivity index (χ4v) is 3.47. The Bertz CT molecular complexity index is 604. The van der Waals surface area contributed by atoms with Crippen LogP contribution in [-0.2, 0) is 6.42 Å². The Morgan fingerprint density at radius 2 is 2.00 bits per heavy atom. The number of hydrogen-bond donors (Lipinski definition) is 1. The van der Waals surface area contributed by atoms with Gasteiger partial charge in [0.05, 0.1) is 5.02 Å². The van der Waals surface area contributed by atoms with Gasteiger partial charge < -0.3 is 19.7 Å². The third kappa shape index (κ3) is 5.29. The Kier molecular flexibility index (Phi) is 7.93. The maximum absolute atomic E-state index is 6.29. The van der Waals surface area contributed by atoms with Gasteiger partial charge in [-0.15, -0.1) is 24.0 Å². The predicted molar refractivity (Wildman–Crippen MR) is 113 cm³/mol. The molecule has 0 spiro atoms. The van der Waals surface area contributed by atoms with Crippen molar-refractivity contribution in [1.29, 1.82) is 0 Å². The molecule has 2 aliphatic heterocycles. The summed E-state index contributed by atoms with van der Waals surface area (Å²) >= 11 is 6.29. The molecule has 1 N–H and O–H groups in total. The molecule has 1 saturated heterocycles. The molecule has 3 rings (SSSR count). The van der Waals surface area contributed by atoms with Crippen LogP contribution in [0.25, 0.3) is 0 Å². The third-order valence-corrected chi connectivity index (χ3v) is 4.93. The minimum atomic E-state index is 0. The highest BCUT2D eigenvalue weighted by Crippen LogP contribution is 2.38. The fraction of sp³-hybridized carbons (Fsp3) is 0.611. The molecule has 1 fully saturated rings. The minimum absolute atomic E-state index is 0. The summed E-state index contributed by atoms with van der Waals surface area (Å²) in [7, 11) is 1.85. The van der Waals surface area contributed by atoms with E-state index >= 15 is 0 Å². The van der Waals surface area contributed by atoms with Gasteiger partial charge in [0.25, 0.3) is 0 Å². The average molecular weight is 480 g/mol. The zero-order valence-corrected chi connectivity index (χ0v) is 18.0. The molecule has 0 unspecified atom stereocenters. The predicted octanol–water partition coefficient (Wildman–Crippen LogP) is 3.58. The lowest BCUT2D eigenvalue weighted by Crippen LogP contribution is -2.45. The summed E-state index contributed by atoms with van der Waals surface area (Å²) in [6.07, 6.45) is 3.33. The number of hydrogen-bond acceptors (Lipinski definition) is 3. The molecule has 25 heavy (non-hydrogen) atoms. The lowest BCUT2D eigenvalue weighted by molar-refractivity contribution is 0.171. The number of aliphatic imine (C=N–C) groups is 1. The highest BCUT2D eigenvalue weighted by atomic mass is 127. The zero-order chi connectivity index (χ0) is 16.9. The first-order valence-corrected chi connectivity index (χ1v) is 9.09. The van der Waals surface area contributed by atoms with Crippen molar-refractivity contribution in [2.45, 2.75) is 26.2 Å². The van der Waals surface area contributed by atoms with Crippen LogP contribution in [0.1, 0.15) is 25.3 Å². The zero-order valence-electron chi connectivity index (χ0n) is 14.9. The van der Waals surface area contributed by atoms with Crippen LogP contribution in [0.4, 0.5) is 0 Å². The molecule has 0 amide bonds. The summed E-state index contributed by atoms with van der Waals surface area (Å²) in [6, 6.07) is 3.98. The molecule has 1 aromatic rings. The molecule has 1 aromatic carbocycles. The Morgan fingerprint density at radius 1 is 1.28 bits per heavy atom. The molecule has 2 heterocycles. The number of rotatable bonds is 3. The molecular formula is C18H27ClIN3O2. The summed E-state index contributed by atoms with van der Waals surface area (Å²) in [5.74, 6) is 3.22. The number of ether oxygens (including phenoxy) is 2. The summed E-state index contributed by atoms with van der Waals surface area (Å²) in [4.78, 5) is 6.76.